The Morgan fingerprint density at radius 3 is 2.59 bits per heavy atom. The first-order valence-electron chi connectivity index (χ1n) is 9.73. The third-order valence-corrected chi connectivity index (χ3v) is 5.89. The molecule has 1 aliphatic rings. The van der Waals surface area contributed by atoms with Gasteiger partial charge in [0.2, 0.25) is 11.7 Å². The Balaban J connectivity index is 1.60. The summed E-state index contributed by atoms with van der Waals surface area (Å²) in [5, 5.41) is 9.77. The van der Waals surface area contributed by atoms with E-state index >= 15 is 0 Å². The number of nitrogens with zero attached hydrogens (tertiary/aromatic N) is 4. The first kappa shape index (κ1) is 19.6. The van der Waals surface area contributed by atoms with Crippen LogP contribution in [0.4, 0.5) is 5.95 Å². The second kappa shape index (κ2) is 8.73. The fourth-order valence-electron chi connectivity index (χ4n) is 3.38. The van der Waals surface area contributed by atoms with E-state index in [2.05, 4.69) is 50.9 Å². The molecular weight excluding hydrogens is 388 g/mol. The number of carbonyl (C=O) groups is 1. The number of ether oxygens (including phenoxy) is 1. The monoisotopic (exact) mass is 412 g/mol. The van der Waals surface area contributed by atoms with E-state index in [0.29, 0.717) is 11.5 Å². The van der Waals surface area contributed by atoms with Gasteiger partial charge in [0.05, 0.1) is 18.6 Å². The van der Waals surface area contributed by atoms with Crippen LogP contribution in [-0.2, 0) is 10.5 Å². The van der Waals surface area contributed by atoms with E-state index in [9.17, 15) is 4.79 Å². The molecule has 1 saturated heterocycles. The summed E-state index contributed by atoms with van der Waals surface area (Å²) < 4.78 is 12.4. The van der Waals surface area contributed by atoms with Crippen molar-refractivity contribution in [1.82, 2.24) is 14.8 Å². The first-order valence-corrected chi connectivity index (χ1v) is 10.7. The SMILES string of the molecule is COC(=O)c1ccc(CSc2nnc(N3CCCCC3)n2-c2ccc(C)cc2)o1. The van der Waals surface area contributed by atoms with Crippen molar-refractivity contribution in [3.05, 3.63) is 53.5 Å². The fraction of sp³-hybridized carbons (Fsp3) is 0.381. The molecule has 0 atom stereocenters. The minimum Gasteiger partial charge on any atom is -0.463 e. The maximum Gasteiger partial charge on any atom is 0.373 e. The molecule has 1 fully saturated rings. The quantitative estimate of drug-likeness (QED) is 0.443. The summed E-state index contributed by atoms with van der Waals surface area (Å²) in [6, 6.07) is 11.8. The van der Waals surface area contributed by atoms with Crippen molar-refractivity contribution in [2.45, 2.75) is 37.1 Å². The number of hydrogen-bond donors (Lipinski definition) is 0. The van der Waals surface area contributed by atoms with Crippen molar-refractivity contribution in [2.24, 2.45) is 0 Å². The number of piperidine rings is 1. The molecule has 2 aromatic heterocycles. The van der Waals surface area contributed by atoms with Crippen molar-refractivity contribution in [3.8, 4) is 5.69 Å². The van der Waals surface area contributed by atoms with Gasteiger partial charge in [-0.25, -0.2) is 4.79 Å². The van der Waals surface area contributed by atoms with Crippen LogP contribution in [0.15, 0.2) is 46.0 Å². The van der Waals surface area contributed by atoms with Gasteiger partial charge in [-0.15, -0.1) is 10.2 Å². The number of aryl methyl sites for hydroxylation is 1. The molecule has 3 heterocycles. The van der Waals surface area contributed by atoms with Crippen LogP contribution in [0.2, 0.25) is 0 Å². The lowest BCUT2D eigenvalue weighted by Crippen LogP contribution is -2.31. The van der Waals surface area contributed by atoms with E-state index in [1.807, 2.05) is 0 Å². The molecule has 0 radical (unpaired) electrons. The second-order valence-corrected chi connectivity index (χ2v) is 7.99. The predicted molar refractivity (Wildman–Crippen MR) is 112 cm³/mol. The first-order chi connectivity index (χ1) is 14.2. The number of carbonyl (C=O) groups excluding carboxylic acids is 1. The summed E-state index contributed by atoms with van der Waals surface area (Å²) in [7, 11) is 1.34. The van der Waals surface area contributed by atoms with Crippen LogP contribution in [0.25, 0.3) is 5.69 Å². The highest BCUT2D eigenvalue weighted by molar-refractivity contribution is 7.98. The van der Waals surface area contributed by atoms with Crippen LogP contribution in [0, 0.1) is 6.92 Å². The van der Waals surface area contributed by atoms with E-state index in [0.717, 1.165) is 29.9 Å². The van der Waals surface area contributed by atoms with Crippen molar-refractivity contribution < 1.29 is 13.9 Å². The maximum atomic E-state index is 11.6. The fourth-order valence-corrected chi connectivity index (χ4v) is 4.22. The molecule has 1 aliphatic heterocycles. The molecule has 0 N–H and O–H groups in total. The molecule has 1 aromatic carbocycles. The number of hydrogen-bond acceptors (Lipinski definition) is 7. The van der Waals surface area contributed by atoms with Crippen molar-refractivity contribution in [1.29, 1.82) is 0 Å². The molecule has 7 nitrogen and oxygen atoms in total. The van der Waals surface area contributed by atoms with Crippen LogP contribution >= 0.6 is 11.8 Å². The Labute approximate surface area is 174 Å². The topological polar surface area (TPSA) is 73.4 Å². The molecule has 152 valence electrons. The molecule has 0 saturated carbocycles. The van der Waals surface area contributed by atoms with E-state index in [1.165, 1.54) is 43.7 Å². The molecule has 0 bridgehead atoms. The normalized spacial score (nSPS) is 14.2. The standard InChI is InChI=1S/C21H24N4O3S/c1-15-6-8-16(9-7-15)25-20(24-12-4-3-5-13-24)22-23-21(25)29-14-17-10-11-18(28-17)19(26)27-2/h6-11H,3-5,12-14H2,1-2H3. The largest absolute Gasteiger partial charge is 0.463 e. The van der Waals surface area contributed by atoms with Gasteiger partial charge in [0.1, 0.15) is 5.76 Å². The summed E-state index contributed by atoms with van der Waals surface area (Å²) in [5.74, 6) is 1.84. The summed E-state index contributed by atoms with van der Waals surface area (Å²) >= 11 is 1.53. The molecular formula is C21H24N4O3S. The lowest BCUT2D eigenvalue weighted by atomic mass is 10.1. The van der Waals surface area contributed by atoms with Gasteiger partial charge in [0, 0.05) is 13.1 Å². The van der Waals surface area contributed by atoms with Crippen LogP contribution < -0.4 is 4.90 Å². The zero-order chi connectivity index (χ0) is 20.2. The Kier molecular flexibility index (Phi) is 5.89. The Morgan fingerprint density at radius 2 is 1.86 bits per heavy atom. The van der Waals surface area contributed by atoms with Crippen LogP contribution in [0.1, 0.15) is 41.1 Å². The van der Waals surface area contributed by atoms with Gasteiger partial charge in [-0.1, -0.05) is 29.5 Å². The van der Waals surface area contributed by atoms with Crippen LogP contribution in [0.3, 0.4) is 0 Å². The lowest BCUT2D eigenvalue weighted by molar-refractivity contribution is 0.0563. The number of esters is 1. The zero-order valence-corrected chi connectivity index (χ0v) is 17.4. The number of benzene rings is 1. The zero-order valence-electron chi connectivity index (χ0n) is 16.6. The minimum absolute atomic E-state index is 0.206. The number of aromatic nitrogens is 3. The smallest absolute Gasteiger partial charge is 0.373 e. The highest BCUT2D eigenvalue weighted by Crippen LogP contribution is 2.30. The second-order valence-electron chi connectivity index (χ2n) is 7.05. The highest BCUT2D eigenvalue weighted by atomic mass is 32.2. The lowest BCUT2D eigenvalue weighted by Gasteiger charge is -2.27. The molecule has 8 heteroatoms. The van der Waals surface area contributed by atoms with Gasteiger partial charge in [-0.05, 0) is 50.5 Å². The van der Waals surface area contributed by atoms with Crippen LogP contribution in [0.5, 0.6) is 0 Å². The summed E-state index contributed by atoms with van der Waals surface area (Å²) in [4.78, 5) is 13.9. The van der Waals surface area contributed by atoms with Gasteiger partial charge >= 0.3 is 5.97 Å². The third-order valence-electron chi connectivity index (χ3n) is 4.94. The highest BCUT2D eigenvalue weighted by Gasteiger charge is 2.22. The molecule has 0 amide bonds. The summed E-state index contributed by atoms with van der Waals surface area (Å²) in [6.07, 6.45) is 3.61. The van der Waals surface area contributed by atoms with Crippen LogP contribution in [-0.4, -0.2) is 40.9 Å². The number of anilines is 1. The molecule has 0 unspecified atom stereocenters. The third kappa shape index (κ3) is 4.32. The van der Waals surface area contributed by atoms with Gasteiger partial charge in [0.25, 0.3) is 0 Å². The van der Waals surface area contributed by atoms with Gasteiger partial charge in [-0.2, -0.15) is 0 Å². The van der Waals surface area contributed by atoms with E-state index in [1.54, 1.807) is 12.1 Å². The average Bonchev–Trinajstić information content (AvgIpc) is 3.40. The number of methoxy groups -OCH3 is 1. The average molecular weight is 413 g/mol. The maximum absolute atomic E-state index is 11.6. The number of thioether (sulfide) groups is 1. The molecule has 29 heavy (non-hydrogen) atoms. The van der Waals surface area contributed by atoms with E-state index in [-0.39, 0.29) is 5.76 Å². The summed E-state index contributed by atoms with van der Waals surface area (Å²) in [5.41, 5.74) is 2.25. The Hall–Kier alpha value is -2.74. The van der Waals surface area contributed by atoms with Crippen molar-refractivity contribution >= 4 is 23.7 Å². The van der Waals surface area contributed by atoms with E-state index < -0.39 is 5.97 Å². The molecule has 3 aromatic rings. The van der Waals surface area contributed by atoms with Gasteiger partial charge in [-0.3, -0.25) is 4.57 Å². The Morgan fingerprint density at radius 1 is 1.10 bits per heavy atom. The molecule has 4 rings (SSSR count). The van der Waals surface area contributed by atoms with Crippen molar-refractivity contribution in [3.63, 3.8) is 0 Å². The summed E-state index contributed by atoms with van der Waals surface area (Å²) in [6.45, 7) is 4.07. The van der Waals surface area contributed by atoms with E-state index in [4.69, 9.17) is 9.15 Å². The number of furan rings is 1. The number of rotatable bonds is 6. The minimum atomic E-state index is -0.476. The Bertz CT molecular complexity index is 974. The molecule has 0 spiro atoms. The van der Waals surface area contributed by atoms with Crippen molar-refractivity contribution in [2.75, 3.05) is 25.1 Å². The van der Waals surface area contributed by atoms with Gasteiger partial charge < -0.3 is 14.1 Å². The van der Waals surface area contributed by atoms with Gasteiger partial charge in [0.15, 0.2) is 5.16 Å². The predicted octanol–water partition coefficient (Wildman–Crippen LogP) is 4.24. The molecule has 0 aliphatic carbocycles.